The number of nitrogens with zero attached hydrogens (tertiary/aromatic N) is 3. The number of morpholine rings is 1. The maximum Gasteiger partial charge on any atom is 0.193 e. The lowest BCUT2D eigenvalue weighted by atomic mass is 10.0. The monoisotopic (exact) mass is 296 g/mol. The highest BCUT2D eigenvalue weighted by Gasteiger charge is 2.18. The summed E-state index contributed by atoms with van der Waals surface area (Å²) in [6.07, 6.45) is 5.10. The SMILES string of the molecule is CN=C(NCCCCN1CCOCC1)N1CCCC(C)C1. The molecule has 2 fully saturated rings. The summed E-state index contributed by atoms with van der Waals surface area (Å²) >= 11 is 0. The molecule has 0 bridgehead atoms. The molecule has 0 amide bonds. The van der Waals surface area contributed by atoms with Gasteiger partial charge in [-0.05, 0) is 38.1 Å². The Morgan fingerprint density at radius 1 is 1.24 bits per heavy atom. The van der Waals surface area contributed by atoms with E-state index in [9.17, 15) is 0 Å². The van der Waals surface area contributed by atoms with Gasteiger partial charge in [0.05, 0.1) is 13.2 Å². The molecular weight excluding hydrogens is 264 g/mol. The second-order valence-corrected chi connectivity index (χ2v) is 6.33. The highest BCUT2D eigenvalue weighted by atomic mass is 16.5. The van der Waals surface area contributed by atoms with Gasteiger partial charge in [-0.15, -0.1) is 0 Å². The first-order chi connectivity index (χ1) is 10.3. The average molecular weight is 296 g/mol. The van der Waals surface area contributed by atoms with Gasteiger partial charge >= 0.3 is 0 Å². The van der Waals surface area contributed by atoms with Crippen molar-refractivity contribution in [3.63, 3.8) is 0 Å². The number of hydrogen-bond donors (Lipinski definition) is 1. The first-order valence-corrected chi connectivity index (χ1v) is 8.55. The summed E-state index contributed by atoms with van der Waals surface area (Å²) in [5, 5.41) is 3.53. The predicted molar refractivity (Wildman–Crippen MR) is 87.8 cm³/mol. The molecule has 2 aliphatic rings. The van der Waals surface area contributed by atoms with Crippen LogP contribution in [-0.2, 0) is 4.74 Å². The quantitative estimate of drug-likeness (QED) is 0.473. The first-order valence-electron chi connectivity index (χ1n) is 8.55. The van der Waals surface area contributed by atoms with Gasteiger partial charge in [0.25, 0.3) is 0 Å². The number of hydrogen-bond acceptors (Lipinski definition) is 3. The molecule has 1 N–H and O–H groups in total. The number of unbranched alkanes of at least 4 members (excludes halogenated alkanes) is 1. The highest BCUT2D eigenvalue weighted by Crippen LogP contribution is 2.15. The van der Waals surface area contributed by atoms with Crippen LogP contribution >= 0.6 is 0 Å². The van der Waals surface area contributed by atoms with Crippen molar-refractivity contribution in [1.82, 2.24) is 15.1 Å². The predicted octanol–water partition coefficient (Wildman–Crippen LogP) is 1.41. The van der Waals surface area contributed by atoms with Crippen molar-refractivity contribution in [2.75, 3.05) is 59.5 Å². The molecule has 21 heavy (non-hydrogen) atoms. The Bertz CT molecular complexity index is 315. The van der Waals surface area contributed by atoms with Gasteiger partial charge in [-0.2, -0.15) is 0 Å². The van der Waals surface area contributed by atoms with E-state index in [4.69, 9.17) is 4.74 Å². The molecule has 5 heteroatoms. The van der Waals surface area contributed by atoms with E-state index >= 15 is 0 Å². The van der Waals surface area contributed by atoms with Gasteiger partial charge in [-0.3, -0.25) is 9.89 Å². The summed E-state index contributed by atoms with van der Waals surface area (Å²) in [5.74, 6) is 1.88. The van der Waals surface area contributed by atoms with E-state index in [1.165, 1.54) is 32.2 Å². The number of aliphatic imine (C=N–C) groups is 1. The van der Waals surface area contributed by atoms with Crippen molar-refractivity contribution in [2.24, 2.45) is 10.9 Å². The summed E-state index contributed by atoms with van der Waals surface area (Å²) in [6, 6.07) is 0. The van der Waals surface area contributed by atoms with E-state index in [0.29, 0.717) is 0 Å². The van der Waals surface area contributed by atoms with Crippen molar-refractivity contribution >= 4 is 5.96 Å². The van der Waals surface area contributed by atoms with E-state index in [2.05, 4.69) is 27.0 Å². The van der Waals surface area contributed by atoms with Gasteiger partial charge in [-0.1, -0.05) is 6.92 Å². The fraction of sp³-hybridized carbons (Fsp3) is 0.938. The molecule has 0 radical (unpaired) electrons. The van der Waals surface area contributed by atoms with E-state index in [1.54, 1.807) is 0 Å². The molecule has 122 valence electrons. The number of likely N-dealkylation sites (tertiary alicyclic amines) is 1. The molecule has 0 aromatic heterocycles. The van der Waals surface area contributed by atoms with Crippen LogP contribution in [-0.4, -0.2) is 75.3 Å². The fourth-order valence-electron chi connectivity index (χ4n) is 3.20. The van der Waals surface area contributed by atoms with Crippen LogP contribution < -0.4 is 5.32 Å². The first kappa shape index (κ1) is 16.6. The second-order valence-electron chi connectivity index (χ2n) is 6.33. The lowest BCUT2D eigenvalue weighted by Gasteiger charge is -2.33. The van der Waals surface area contributed by atoms with Crippen LogP contribution in [0.1, 0.15) is 32.6 Å². The molecule has 0 aromatic carbocycles. The Kier molecular flexibility index (Phi) is 7.30. The van der Waals surface area contributed by atoms with Crippen molar-refractivity contribution in [3.05, 3.63) is 0 Å². The normalized spacial score (nSPS) is 25.1. The molecule has 1 atom stereocenters. The summed E-state index contributed by atoms with van der Waals surface area (Å²) < 4.78 is 5.37. The van der Waals surface area contributed by atoms with Crippen molar-refractivity contribution in [2.45, 2.75) is 32.6 Å². The Labute approximate surface area is 129 Å². The Balaban J connectivity index is 1.57. The topological polar surface area (TPSA) is 40.1 Å². The lowest BCUT2D eigenvalue weighted by Crippen LogP contribution is -2.46. The molecule has 5 nitrogen and oxygen atoms in total. The van der Waals surface area contributed by atoms with Crippen LogP contribution in [0.15, 0.2) is 4.99 Å². The van der Waals surface area contributed by atoms with Gasteiger partial charge in [0, 0.05) is 39.8 Å². The molecule has 0 spiro atoms. The minimum Gasteiger partial charge on any atom is -0.379 e. The van der Waals surface area contributed by atoms with Gasteiger partial charge in [0.1, 0.15) is 0 Å². The number of ether oxygens (including phenoxy) is 1. The number of rotatable bonds is 5. The minimum absolute atomic E-state index is 0.790. The lowest BCUT2D eigenvalue weighted by molar-refractivity contribution is 0.0372. The number of guanidine groups is 1. The second kappa shape index (κ2) is 9.26. The molecule has 0 aromatic rings. The zero-order chi connectivity index (χ0) is 14.9. The number of piperidine rings is 1. The van der Waals surface area contributed by atoms with E-state index < -0.39 is 0 Å². The van der Waals surface area contributed by atoms with E-state index in [1.807, 2.05) is 7.05 Å². The molecular formula is C16H32N4O. The maximum absolute atomic E-state index is 5.37. The third-order valence-electron chi connectivity index (χ3n) is 4.46. The smallest absolute Gasteiger partial charge is 0.193 e. The molecule has 0 aliphatic carbocycles. The van der Waals surface area contributed by atoms with E-state index in [0.717, 1.165) is 57.8 Å². The van der Waals surface area contributed by atoms with Gasteiger partial charge in [-0.25, -0.2) is 0 Å². The molecule has 1 unspecified atom stereocenters. The average Bonchev–Trinajstić information content (AvgIpc) is 2.52. The molecule has 2 saturated heterocycles. The zero-order valence-electron chi connectivity index (χ0n) is 13.8. The van der Waals surface area contributed by atoms with Gasteiger partial charge in [0.2, 0.25) is 0 Å². The van der Waals surface area contributed by atoms with Crippen LogP contribution in [0.5, 0.6) is 0 Å². The van der Waals surface area contributed by atoms with Gasteiger partial charge < -0.3 is 15.0 Å². The van der Waals surface area contributed by atoms with E-state index in [-0.39, 0.29) is 0 Å². The van der Waals surface area contributed by atoms with Crippen LogP contribution in [0.4, 0.5) is 0 Å². The maximum atomic E-state index is 5.37. The third-order valence-corrected chi connectivity index (χ3v) is 4.46. The number of nitrogens with one attached hydrogen (secondary N) is 1. The van der Waals surface area contributed by atoms with Crippen molar-refractivity contribution in [3.8, 4) is 0 Å². The Morgan fingerprint density at radius 2 is 2.05 bits per heavy atom. The van der Waals surface area contributed by atoms with Crippen LogP contribution in [0, 0.1) is 5.92 Å². The van der Waals surface area contributed by atoms with Crippen molar-refractivity contribution < 1.29 is 4.74 Å². The van der Waals surface area contributed by atoms with Crippen molar-refractivity contribution in [1.29, 1.82) is 0 Å². The zero-order valence-corrected chi connectivity index (χ0v) is 13.8. The minimum atomic E-state index is 0.790. The van der Waals surface area contributed by atoms with Crippen LogP contribution in [0.25, 0.3) is 0 Å². The van der Waals surface area contributed by atoms with Crippen LogP contribution in [0.3, 0.4) is 0 Å². The van der Waals surface area contributed by atoms with Crippen LogP contribution in [0.2, 0.25) is 0 Å². The Morgan fingerprint density at radius 3 is 2.76 bits per heavy atom. The highest BCUT2D eigenvalue weighted by molar-refractivity contribution is 5.79. The fourth-order valence-corrected chi connectivity index (χ4v) is 3.20. The summed E-state index contributed by atoms with van der Waals surface area (Å²) in [5.41, 5.74) is 0. The molecule has 0 saturated carbocycles. The molecule has 2 aliphatic heterocycles. The standard InChI is InChI=1S/C16H32N4O/c1-15-6-5-9-20(14-15)16(17-2)18-7-3-4-8-19-10-12-21-13-11-19/h15H,3-14H2,1-2H3,(H,17,18). The van der Waals surface area contributed by atoms with Gasteiger partial charge in [0.15, 0.2) is 5.96 Å². The third kappa shape index (κ3) is 5.83. The molecule has 2 heterocycles. The summed E-state index contributed by atoms with van der Waals surface area (Å²) in [6.45, 7) is 10.9. The molecule has 2 rings (SSSR count). The summed E-state index contributed by atoms with van der Waals surface area (Å²) in [4.78, 5) is 9.36. The largest absolute Gasteiger partial charge is 0.379 e. The summed E-state index contributed by atoms with van der Waals surface area (Å²) in [7, 11) is 1.90. The Hall–Kier alpha value is -0.810.